The van der Waals surface area contributed by atoms with Gasteiger partial charge in [0.25, 0.3) is 0 Å². The molecule has 0 bridgehead atoms. The molecular formula is C13H17N. The summed E-state index contributed by atoms with van der Waals surface area (Å²) in [6.45, 7) is 8.21. The summed E-state index contributed by atoms with van der Waals surface area (Å²) in [5.41, 5.74) is 4.60. The van der Waals surface area contributed by atoms with E-state index in [1.54, 1.807) is 0 Å². The summed E-state index contributed by atoms with van der Waals surface area (Å²) in [6, 6.07) is 8.18. The zero-order chi connectivity index (χ0) is 10.6. The van der Waals surface area contributed by atoms with Gasteiger partial charge in [0.2, 0.25) is 0 Å². The van der Waals surface area contributed by atoms with E-state index in [9.17, 15) is 0 Å². The summed E-state index contributed by atoms with van der Waals surface area (Å²) < 4.78 is 0. The topological polar surface area (TPSA) is 12.0 Å². The highest BCUT2D eigenvalue weighted by Crippen LogP contribution is 2.23. The van der Waals surface area contributed by atoms with Gasteiger partial charge in [0.1, 0.15) is 0 Å². The zero-order valence-corrected chi connectivity index (χ0v) is 9.09. The smallest absolute Gasteiger partial charge is 0.0417 e. The molecule has 1 heteroatoms. The van der Waals surface area contributed by atoms with Gasteiger partial charge in [-0.25, -0.2) is 0 Å². The van der Waals surface area contributed by atoms with Crippen LogP contribution in [0.1, 0.15) is 19.4 Å². The van der Waals surface area contributed by atoms with Crippen LogP contribution in [0.4, 0.5) is 5.69 Å². The molecule has 0 aromatic heterocycles. The van der Waals surface area contributed by atoms with E-state index in [-0.39, 0.29) is 0 Å². The molecule has 1 N–H and O–H groups in total. The van der Waals surface area contributed by atoms with E-state index in [1.807, 2.05) is 19.2 Å². The normalized spacial score (nSPS) is 9.36. The van der Waals surface area contributed by atoms with Gasteiger partial charge >= 0.3 is 0 Å². The Morgan fingerprint density at radius 3 is 2.50 bits per heavy atom. The third-order valence-corrected chi connectivity index (χ3v) is 2.01. The standard InChI is InChI=1S/C13H17N/c1-10(2)9-11(3)12-7-5-6-8-13(12)14-4/h5-9,14H,3H2,1-2,4H3. The highest BCUT2D eigenvalue weighted by atomic mass is 14.8. The quantitative estimate of drug-likeness (QED) is 0.711. The van der Waals surface area contributed by atoms with E-state index in [0.29, 0.717) is 0 Å². The van der Waals surface area contributed by atoms with Crippen molar-refractivity contribution in [2.24, 2.45) is 0 Å². The van der Waals surface area contributed by atoms with Gasteiger partial charge in [0.15, 0.2) is 0 Å². The first-order valence-corrected chi connectivity index (χ1v) is 4.76. The van der Waals surface area contributed by atoms with Crippen molar-refractivity contribution in [1.82, 2.24) is 0 Å². The molecule has 1 rings (SSSR count). The number of para-hydroxylation sites is 1. The molecule has 0 aliphatic heterocycles. The van der Waals surface area contributed by atoms with Crippen LogP contribution in [-0.4, -0.2) is 7.05 Å². The lowest BCUT2D eigenvalue weighted by atomic mass is 10.0. The van der Waals surface area contributed by atoms with Gasteiger partial charge in [-0.15, -0.1) is 0 Å². The number of benzene rings is 1. The van der Waals surface area contributed by atoms with Gasteiger partial charge in [-0.3, -0.25) is 0 Å². The van der Waals surface area contributed by atoms with Gasteiger partial charge in [-0.2, -0.15) is 0 Å². The molecular weight excluding hydrogens is 170 g/mol. The minimum absolute atomic E-state index is 1.05. The van der Waals surface area contributed by atoms with E-state index in [2.05, 4.69) is 44.0 Å². The van der Waals surface area contributed by atoms with Gasteiger partial charge in [0.05, 0.1) is 0 Å². The van der Waals surface area contributed by atoms with Gasteiger partial charge in [-0.05, 0) is 25.5 Å². The first-order valence-electron chi connectivity index (χ1n) is 4.76. The lowest BCUT2D eigenvalue weighted by Gasteiger charge is -2.08. The number of hydrogen-bond donors (Lipinski definition) is 1. The number of nitrogens with one attached hydrogen (secondary N) is 1. The molecule has 0 atom stereocenters. The molecule has 0 aliphatic carbocycles. The van der Waals surface area contributed by atoms with Crippen LogP contribution in [0.25, 0.3) is 5.57 Å². The summed E-state index contributed by atoms with van der Waals surface area (Å²) in [5, 5.41) is 3.16. The van der Waals surface area contributed by atoms with E-state index in [0.717, 1.165) is 16.8 Å². The second-order valence-electron chi connectivity index (χ2n) is 3.54. The Kier molecular flexibility index (Phi) is 3.52. The second-order valence-corrected chi connectivity index (χ2v) is 3.54. The lowest BCUT2D eigenvalue weighted by molar-refractivity contribution is 1.39. The van der Waals surface area contributed by atoms with E-state index < -0.39 is 0 Å². The SMILES string of the molecule is C=C(C=C(C)C)c1ccccc1NC. The maximum absolute atomic E-state index is 4.06. The largest absolute Gasteiger partial charge is 0.388 e. The first kappa shape index (κ1) is 10.6. The average Bonchev–Trinajstić information content (AvgIpc) is 2.16. The molecule has 0 saturated heterocycles. The summed E-state index contributed by atoms with van der Waals surface area (Å²) in [4.78, 5) is 0. The van der Waals surface area contributed by atoms with Gasteiger partial charge < -0.3 is 5.32 Å². The van der Waals surface area contributed by atoms with Gasteiger partial charge in [0, 0.05) is 18.3 Å². The molecule has 0 amide bonds. The molecule has 74 valence electrons. The van der Waals surface area contributed by atoms with Crippen LogP contribution in [0.3, 0.4) is 0 Å². The van der Waals surface area contributed by atoms with Gasteiger partial charge in [-0.1, -0.05) is 36.4 Å². The molecule has 14 heavy (non-hydrogen) atoms. The molecule has 1 nitrogen and oxygen atoms in total. The Hall–Kier alpha value is -1.50. The van der Waals surface area contributed by atoms with Crippen molar-refractivity contribution in [3.05, 3.63) is 48.1 Å². The molecule has 0 heterocycles. The predicted molar refractivity (Wildman–Crippen MR) is 64.5 cm³/mol. The number of hydrogen-bond acceptors (Lipinski definition) is 1. The Labute approximate surface area is 86.2 Å². The van der Waals surface area contributed by atoms with Crippen molar-refractivity contribution in [1.29, 1.82) is 0 Å². The number of anilines is 1. The van der Waals surface area contributed by atoms with Crippen molar-refractivity contribution in [2.45, 2.75) is 13.8 Å². The molecule has 1 aromatic rings. The van der Waals surface area contributed by atoms with Crippen LogP contribution in [0.5, 0.6) is 0 Å². The van der Waals surface area contributed by atoms with Crippen LogP contribution in [0.15, 0.2) is 42.5 Å². The summed E-state index contributed by atoms with van der Waals surface area (Å²) >= 11 is 0. The molecule has 0 aliphatic rings. The summed E-state index contributed by atoms with van der Waals surface area (Å²) in [7, 11) is 1.93. The fourth-order valence-electron chi connectivity index (χ4n) is 1.41. The van der Waals surface area contributed by atoms with E-state index >= 15 is 0 Å². The average molecular weight is 187 g/mol. The Morgan fingerprint density at radius 1 is 1.29 bits per heavy atom. The highest BCUT2D eigenvalue weighted by molar-refractivity contribution is 5.80. The summed E-state index contributed by atoms with van der Waals surface area (Å²) in [5.74, 6) is 0. The maximum Gasteiger partial charge on any atom is 0.0417 e. The minimum atomic E-state index is 1.05. The van der Waals surface area contributed by atoms with Crippen molar-refractivity contribution in [3.8, 4) is 0 Å². The van der Waals surface area contributed by atoms with Crippen molar-refractivity contribution in [3.63, 3.8) is 0 Å². The first-order chi connectivity index (χ1) is 6.65. The zero-order valence-electron chi connectivity index (χ0n) is 9.09. The molecule has 0 radical (unpaired) electrons. The third kappa shape index (κ3) is 2.49. The maximum atomic E-state index is 4.06. The second kappa shape index (κ2) is 4.66. The highest BCUT2D eigenvalue weighted by Gasteiger charge is 2.00. The minimum Gasteiger partial charge on any atom is -0.388 e. The van der Waals surface area contributed by atoms with Crippen LogP contribution in [0, 0.1) is 0 Å². The Balaban J connectivity index is 3.06. The fourth-order valence-corrected chi connectivity index (χ4v) is 1.41. The molecule has 0 spiro atoms. The van der Waals surface area contributed by atoms with E-state index in [1.165, 1.54) is 5.57 Å². The Bertz CT molecular complexity index is 357. The lowest BCUT2D eigenvalue weighted by Crippen LogP contribution is -1.93. The van der Waals surface area contributed by atoms with Crippen LogP contribution in [0.2, 0.25) is 0 Å². The van der Waals surface area contributed by atoms with Crippen molar-refractivity contribution in [2.75, 3.05) is 12.4 Å². The molecule has 0 saturated carbocycles. The van der Waals surface area contributed by atoms with Crippen LogP contribution < -0.4 is 5.32 Å². The number of rotatable bonds is 3. The van der Waals surface area contributed by atoms with Crippen molar-refractivity contribution < 1.29 is 0 Å². The fraction of sp³-hybridized carbons (Fsp3) is 0.231. The molecule has 1 aromatic carbocycles. The summed E-state index contributed by atoms with van der Waals surface area (Å²) in [6.07, 6.45) is 2.09. The molecule has 0 unspecified atom stereocenters. The monoisotopic (exact) mass is 187 g/mol. The predicted octanol–water partition coefficient (Wildman–Crippen LogP) is 3.71. The van der Waals surface area contributed by atoms with Crippen LogP contribution in [-0.2, 0) is 0 Å². The number of allylic oxidation sites excluding steroid dienone is 3. The van der Waals surface area contributed by atoms with E-state index in [4.69, 9.17) is 0 Å². The third-order valence-electron chi connectivity index (χ3n) is 2.01. The molecule has 0 fully saturated rings. The van der Waals surface area contributed by atoms with Crippen LogP contribution >= 0.6 is 0 Å². The Morgan fingerprint density at radius 2 is 1.93 bits per heavy atom. The van der Waals surface area contributed by atoms with Crippen molar-refractivity contribution >= 4 is 11.3 Å².